The fourth-order valence-corrected chi connectivity index (χ4v) is 1.58. The lowest BCUT2D eigenvalue weighted by molar-refractivity contribution is 1.32. The van der Waals surface area contributed by atoms with Gasteiger partial charge in [0.05, 0.1) is 5.69 Å². The van der Waals surface area contributed by atoms with Crippen LogP contribution in [0.4, 0.5) is 0 Å². The normalized spacial score (nSPS) is 9.00. The highest BCUT2D eigenvalue weighted by atomic mass is 79.9. The van der Waals surface area contributed by atoms with E-state index in [1.165, 1.54) is 0 Å². The Bertz CT molecular complexity index is 398. The van der Waals surface area contributed by atoms with Crippen LogP contribution in [0.1, 0.15) is 13.8 Å². The number of benzene rings is 1. The summed E-state index contributed by atoms with van der Waals surface area (Å²) in [5.41, 5.74) is 2.14. The summed E-state index contributed by atoms with van der Waals surface area (Å²) in [6, 6.07) is 14.0. The molecule has 0 unspecified atom stereocenters. The molecule has 0 aliphatic carbocycles. The highest BCUT2D eigenvalue weighted by molar-refractivity contribution is 9.10. The molecule has 2 aromatic rings. The molecule has 78 valence electrons. The summed E-state index contributed by atoms with van der Waals surface area (Å²) < 4.78 is 1.08. The maximum atomic E-state index is 4.27. The van der Waals surface area contributed by atoms with Crippen LogP contribution in [0.5, 0.6) is 0 Å². The molecule has 0 N–H and O–H groups in total. The quantitative estimate of drug-likeness (QED) is 0.737. The Morgan fingerprint density at radius 1 is 1.00 bits per heavy atom. The number of rotatable bonds is 1. The molecule has 0 aliphatic heterocycles. The summed E-state index contributed by atoms with van der Waals surface area (Å²) >= 11 is 3.43. The van der Waals surface area contributed by atoms with E-state index >= 15 is 0 Å². The third-order valence-corrected chi connectivity index (χ3v) is 2.28. The summed E-state index contributed by atoms with van der Waals surface area (Å²) in [6.07, 6.45) is 1.80. The van der Waals surface area contributed by atoms with Gasteiger partial charge in [-0.15, -0.1) is 0 Å². The Hall–Kier alpha value is -1.15. The monoisotopic (exact) mass is 263 g/mol. The van der Waals surface area contributed by atoms with E-state index in [1.807, 2.05) is 50.2 Å². The Balaban J connectivity index is 0.000000531. The van der Waals surface area contributed by atoms with E-state index < -0.39 is 0 Å². The Morgan fingerprint density at radius 3 is 2.40 bits per heavy atom. The molecule has 0 atom stereocenters. The average Bonchev–Trinajstić information content (AvgIpc) is 2.33. The van der Waals surface area contributed by atoms with Gasteiger partial charge in [0.2, 0.25) is 0 Å². The van der Waals surface area contributed by atoms with Crippen molar-refractivity contribution in [3.05, 3.63) is 53.1 Å². The van der Waals surface area contributed by atoms with E-state index in [1.54, 1.807) is 6.20 Å². The van der Waals surface area contributed by atoms with Gasteiger partial charge in [-0.1, -0.05) is 48.0 Å². The van der Waals surface area contributed by atoms with Crippen molar-refractivity contribution < 1.29 is 0 Å². The van der Waals surface area contributed by atoms with Crippen molar-refractivity contribution in [1.29, 1.82) is 0 Å². The molecular weight excluding hydrogens is 250 g/mol. The second kappa shape index (κ2) is 6.36. The maximum Gasteiger partial charge on any atom is 0.0702 e. The van der Waals surface area contributed by atoms with E-state index in [-0.39, 0.29) is 0 Å². The fraction of sp³-hybridized carbons (Fsp3) is 0.154. The van der Waals surface area contributed by atoms with E-state index in [9.17, 15) is 0 Å². The zero-order valence-corrected chi connectivity index (χ0v) is 10.5. The van der Waals surface area contributed by atoms with Gasteiger partial charge in [-0.25, -0.2) is 0 Å². The molecule has 0 amide bonds. The molecule has 0 saturated heterocycles. The van der Waals surface area contributed by atoms with Gasteiger partial charge in [-0.2, -0.15) is 0 Å². The molecule has 1 heterocycles. The van der Waals surface area contributed by atoms with E-state index in [0.29, 0.717) is 0 Å². The zero-order valence-electron chi connectivity index (χ0n) is 8.94. The van der Waals surface area contributed by atoms with E-state index in [4.69, 9.17) is 0 Å². The first-order valence-electron chi connectivity index (χ1n) is 5.03. The minimum Gasteiger partial charge on any atom is -0.256 e. The molecule has 0 spiro atoms. The topological polar surface area (TPSA) is 12.9 Å². The van der Waals surface area contributed by atoms with Crippen molar-refractivity contribution in [1.82, 2.24) is 4.98 Å². The number of hydrogen-bond donors (Lipinski definition) is 0. The summed E-state index contributed by atoms with van der Waals surface area (Å²) in [6.45, 7) is 4.00. The van der Waals surface area contributed by atoms with Gasteiger partial charge >= 0.3 is 0 Å². The van der Waals surface area contributed by atoms with Gasteiger partial charge < -0.3 is 0 Å². The van der Waals surface area contributed by atoms with Crippen LogP contribution in [0.2, 0.25) is 0 Å². The highest BCUT2D eigenvalue weighted by Gasteiger charge is 1.96. The van der Waals surface area contributed by atoms with E-state index in [2.05, 4.69) is 27.0 Å². The number of nitrogens with zero attached hydrogens (tertiary/aromatic N) is 1. The first-order chi connectivity index (χ1) is 7.36. The summed E-state index contributed by atoms with van der Waals surface area (Å²) in [7, 11) is 0. The van der Waals surface area contributed by atoms with E-state index in [0.717, 1.165) is 15.7 Å². The smallest absolute Gasteiger partial charge is 0.0702 e. The second-order valence-corrected chi connectivity index (χ2v) is 3.64. The minimum absolute atomic E-state index is 1.00. The first kappa shape index (κ1) is 11.9. The summed E-state index contributed by atoms with van der Waals surface area (Å²) in [5.74, 6) is 0. The number of aromatic nitrogens is 1. The van der Waals surface area contributed by atoms with Gasteiger partial charge in [0.25, 0.3) is 0 Å². The lowest BCUT2D eigenvalue weighted by Crippen LogP contribution is -1.80. The summed E-state index contributed by atoms with van der Waals surface area (Å²) in [4.78, 5) is 4.27. The largest absolute Gasteiger partial charge is 0.256 e. The number of pyridine rings is 1. The van der Waals surface area contributed by atoms with Crippen LogP contribution in [0.25, 0.3) is 11.3 Å². The van der Waals surface area contributed by atoms with Gasteiger partial charge in [0.15, 0.2) is 0 Å². The Kier molecular flexibility index (Phi) is 5.05. The molecule has 0 fully saturated rings. The molecule has 1 nitrogen and oxygen atoms in total. The van der Waals surface area contributed by atoms with Gasteiger partial charge in [0.1, 0.15) is 0 Å². The average molecular weight is 264 g/mol. The van der Waals surface area contributed by atoms with Crippen molar-refractivity contribution in [2.45, 2.75) is 13.8 Å². The lowest BCUT2D eigenvalue weighted by Gasteiger charge is -1.99. The molecule has 2 heteroatoms. The van der Waals surface area contributed by atoms with Crippen LogP contribution in [0, 0.1) is 0 Å². The molecule has 15 heavy (non-hydrogen) atoms. The number of hydrogen-bond acceptors (Lipinski definition) is 1. The van der Waals surface area contributed by atoms with Gasteiger partial charge in [-0.05, 0) is 24.3 Å². The Labute approximate surface area is 99.3 Å². The minimum atomic E-state index is 1.00. The molecule has 0 radical (unpaired) electrons. The van der Waals surface area contributed by atoms with Crippen LogP contribution in [0.3, 0.4) is 0 Å². The predicted octanol–water partition coefficient (Wildman–Crippen LogP) is 4.54. The third kappa shape index (κ3) is 3.48. The standard InChI is InChI=1S/C11H8BrN.C2H6/c12-10-5-3-4-9(8-10)11-6-1-2-7-13-11;1-2/h1-8H;1-2H3. The molecular formula is C13H14BrN. The molecule has 0 aliphatic rings. The van der Waals surface area contributed by atoms with Gasteiger partial charge in [-0.3, -0.25) is 4.98 Å². The molecule has 0 saturated carbocycles. The van der Waals surface area contributed by atoms with Crippen molar-refractivity contribution in [2.24, 2.45) is 0 Å². The number of halogens is 1. The van der Waals surface area contributed by atoms with Crippen LogP contribution < -0.4 is 0 Å². The lowest BCUT2D eigenvalue weighted by atomic mass is 10.1. The van der Waals surface area contributed by atoms with Crippen molar-refractivity contribution in [3.63, 3.8) is 0 Å². The molecule has 0 bridgehead atoms. The van der Waals surface area contributed by atoms with Crippen molar-refractivity contribution >= 4 is 15.9 Å². The third-order valence-electron chi connectivity index (χ3n) is 1.79. The predicted molar refractivity (Wildman–Crippen MR) is 68.7 cm³/mol. The van der Waals surface area contributed by atoms with Crippen LogP contribution in [-0.4, -0.2) is 4.98 Å². The molecule has 2 rings (SSSR count). The second-order valence-electron chi connectivity index (χ2n) is 2.73. The van der Waals surface area contributed by atoms with Crippen molar-refractivity contribution in [3.8, 4) is 11.3 Å². The molecule has 1 aromatic heterocycles. The van der Waals surface area contributed by atoms with Crippen molar-refractivity contribution in [2.75, 3.05) is 0 Å². The maximum absolute atomic E-state index is 4.27. The first-order valence-corrected chi connectivity index (χ1v) is 5.82. The summed E-state index contributed by atoms with van der Waals surface area (Å²) in [5, 5.41) is 0. The van der Waals surface area contributed by atoms with Gasteiger partial charge in [0, 0.05) is 16.2 Å². The Morgan fingerprint density at radius 2 is 1.80 bits per heavy atom. The SMILES string of the molecule is Brc1cccc(-c2ccccn2)c1.CC. The van der Waals surface area contributed by atoms with Crippen LogP contribution in [0.15, 0.2) is 53.1 Å². The highest BCUT2D eigenvalue weighted by Crippen LogP contribution is 2.20. The zero-order chi connectivity index (χ0) is 11.1. The van der Waals surface area contributed by atoms with Crippen LogP contribution >= 0.6 is 15.9 Å². The fourth-order valence-electron chi connectivity index (χ4n) is 1.18. The van der Waals surface area contributed by atoms with Crippen LogP contribution in [-0.2, 0) is 0 Å². The molecule has 1 aromatic carbocycles.